The number of ether oxygens (including phenoxy) is 2. The number of urea groups is 1. The second-order valence-electron chi connectivity index (χ2n) is 5.70. The summed E-state index contributed by atoms with van der Waals surface area (Å²) < 4.78 is 36.9. The number of carbonyl (C=O) groups excluding carboxylic acids is 1. The molecule has 0 aliphatic carbocycles. The summed E-state index contributed by atoms with van der Waals surface area (Å²) in [4.78, 5) is 12.6. The van der Waals surface area contributed by atoms with E-state index in [0.29, 0.717) is 22.9 Å². The molecule has 140 valence electrons. The summed E-state index contributed by atoms with van der Waals surface area (Å²) in [7, 11) is -3.73. The van der Waals surface area contributed by atoms with Crippen LogP contribution in [-0.4, -0.2) is 34.3 Å². The first kappa shape index (κ1) is 18.5. The fourth-order valence-corrected chi connectivity index (χ4v) is 5.34. The van der Waals surface area contributed by atoms with Crippen molar-refractivity contribution < 1.29 is 22.7 Å². The van der Waals surface area contributed by atoms with Gasteiger partial charge in [-0.1, -0.05) is 13.0 Å². The minimum atomic E-state index is -3.73. The van der Waals surface area contributed by atoms with Gasteiger partial charge in [-0.25, -0.2) is 13.2 Å². The summed E-state index contributed by atoms with van der Waals surface area (Å²) in [5, 5.41) is 6.27. The third-order valence-corrected chi connectivity index (χ3v) is 7.11. The predicted octanol–water partition coefficient (Wildman–Crippen LogP) is 2.70. The minimum absolute atomic E-state index is 0.0210. The molecule has 1 aliphatic rings. The van der Waals surface area contributed by atoms with Crippen molar-refractivity contribution in [2.45, 2.75) is 23.5 Å². The first-order chi connectivity index (χ1) is 12.5. The highest BCUT2D eigenvalue weighted by atomic mass is 32.2. The third kappa shape index (κ3) is 3.94. The van der Waals surface area contributed by atoms with Crippen LogP contribution in [0.15, 0.2) is 40.6 Å². The topological polar surface area (TPSA) is 93.7 Å². The number of nitrogens with one attached hydrogen (secondary N) is 2. The summed E-state index contributed by atoms with van der Waals surface area (Å²) in [6.45, 7) is 2.53. The number of carbonyl (C=O) groups is 1. The lowest BCUT2D eigenvalue weighted by Gasteiger charge is -2.18. The van der Waals surface area contributed by atoms with E-state index in [4.69, 9.17) is 9.47 Å². The summed E-state index contributed by atoms with van der Waals surface area (Å²) in [6, 6.07) is 7.72. The van der Waals surface area contributed by atoms with Gasteiger partial charge in [-0.15, -0.1) is 11.3 Å². The molecule has 0 bridgehead atoms. The van der Waals surface area contributed by atoms with Crippen molar-refractivity contribution >= 4 is 27.2 Å². The number of benzene rings is 1. The number of sulfone groups is 1. The van der Waals surface area contributed by atoms with Gasteiger partial charge in [0.1, 0.15) is 5.25 Å². The van der Waals surface area contributed by atoms with E-state index in [-0.39, 0.29) is 24.3 Å². The molecule has 2 N–H and O–H groups in total. The average molecular weight is 396 g/mol. The van der Waals surface area contributed by atoms with Gasteiger partial charge in [0, 0.05) is 24.0 Å². The zero-order chi connectivity index (χ0) is 18.6. The zero-order valence-electron chi connectivity index (χ0n) is 14.2. The van der Waals surface area contributed by atoms with Crippen LogP contribution >= 0.6 is 11.3 Å². The van der Waals surface area contributed by atoms with Gasteiger partial charge in [0.05, 0.1) is 4.90 Å². The van der Waals surface area contributed by atoms with Gasteiger partial charge in [0.2, 0.25) is 6.79 Å². The normalized spacial score (nSPS) is 14.0. The molecule has 0 spiro atoms. The number of thiophene rings is 1. The molecule has 1 aliphatic heterocycles. The van der Waals surface area contributed by atoms with Crippen LogP contribution in [0.1, 0.15) is 23.5 Å². The Hall–Kier alpha value is -2.26. The van der Waals surface area contributed by atoms with Gasteiger partial charge in [-0.3, -0.25) is 0 Å². The van der Waals surface area contributed by atoms with Crippen LogP contribution in [0.3, 0.4) is 0 Å². The summed E-state index contributed by atoms with van der Waals surface area (Å²) in [5.41, 5.74) is 0. The molecular formula is C17H20N2O5S2. The van der Waals surface area contributed by atoms with Crippen molar-refractivity contribution in [1.82, 2.24) is 10.6 Å². The lowest BCUT2D eigenvalue weighted by molar-refractivity contribution is 0.174. The zero-order valence-corrected chi connectivity index (χ0v) is 15.9. The molecule has 7 nitrogen and oxygen atoms in total. The van der Waals surface area contributed by atoms with E-state index >= 15 is 0 Å². The van der Waals surface area contributed by atoms with E-state index in [9.17, 15) is 13.2 Å². The fraction of sp³-hybridized carbons (Fsp3) is 0.353. The van der Waals surface area contributed by atoms with Crippen LogP contribution in [0.5, 0.6) is 11.5 Å². The number of amides is 2. The van der Waals surface area contributed by atoms with Crippen molar-refractivity contribution in [2.75, 3.05) is 19.9 Å². The minimum Gasteiger partial charge on any atom is -0.454 e. The molecule has 0 fully saturated rings. The van der Waals surface area contributed by atoms with Gasteiger partial charge in [-0.2, -0.15) is 0 Å². The summed E-state index contributed by atoms with van der Waals surface area (Å²) in [5.74, 6) is 0.929. The Labute approximate surface area is 156 Å². The fourth-order valence-electron chi connectivity index (χ4n) is 2.54. The van der Waals surface area contributed by atoms with E-state index in [0.717, 1.165) is 6.42 Å². The lowest BCUT2D eigenvalue weighted by Crippen LogP contribution is -2.39. The van der Waals surface area contributed by atoms with Crippen molar-refractivity contribution in [3.63, 3.8) is 0 Å². The predicted molar refractivity (Wildman–Crippen MR) is 98.5 cm³/mol. The molecule has 1 aromatic heterocycles. The van der Waals surface area contributed by atoms with Crippen molar-refractivity contribution in [1.29, 1.82) is 0 Å². The summed E-state index contributed by atoms with van der Waals surface area (Å²) in [6.07, 6.45) is 0.803. The van der Waals surface area contributed by atoms with E-state index < -0.39 is 15.1 Å². The Morgan fingerprint density at radius 2 is 2.04 bits per heavy atom. The van der Waals surface area contributed by atoms with Gasteiger partial charge >= 0.3 is 6.03 Å². The van der Waals surface area contributed by atoms with Crippen LogP contribution in [0, 0.1) is 0 Å². The maximum absolute atomic E-state index is 13.2. The molecule has 2 aromatic rings. The average Bonchev–Trinajstić information content (AvgIpc) is 3.30. The first-order valence-corrected chi connectivity index (χ1v) is 10.6. The smallest absolute Gasteiger partial charge is 0.314 e. The highest BCUT2D eigenvalue weighted by Crippen LogP contribution is 2.38. The molecule has 0 radical (unpaired) electrons. The number of hydrogen-bond acceptors (Lipinski definition) is 6. The van der Waals surface area contributed by atoms with E-state index in [1.165, 1.54) is 23.5 Å². The highest BCUT2D eigenvalue weighted by molar-refractivity contribution is 7.91. The van der Waals surface area contributed by atoms with Crippen LogP contribution in [0.2, 0.25) is 0 Å². The van der Waals surface area contributed by atoms with Gasteiger partial charge in [0.15, 0.2) is 21.3 Å². The molecule has 9 heteroatoms. The highest BCUT2D eigenvalue weighted by Gasteiger charge is 2.31. The maximum Gasteiger partial charge on any atom is 0.314 e. The van der Waals surface area contributed by atoms with Gasteiger partial charge in [0.25, 0.3) is 0 Å². The second kappa shape index (κ2) is 7.96. The Morgan fingerprint density at radius 3 is 2.77 bits per heavy atom. The third-order valence-electron chi connectivity index (χ3n) is 3.89. The molecule has 0 unspecified atom stereocenters. The van der Waals surface area contributed by atoms with Crippen molar-refractivity contribution in [3.8, 4) is 11.5 Å². The van der Waals surface area contributed by atoms with E-state index in [1.807, 2.05) is 12.3 Å². The Bertz CT molecular complexity index is 865. The molecule has 1 atom stereocenters. The quantitative estimate of drug-likeness (QED) is 0.751. The molecule has 2 heterocycles. The molecule has 0 saturated heterocycles. The van der Waals surface area contributed by atoms with Crippen molar-refractivity contribution in [2.24, 2.45) is 0 Å². The van der Waals surface area contributed by atoms with Crippen LogP contribution < -0.4 is 20.1 Å². The Morgan fingerprint density at radius 1 is 1.23 bits per heavy atom. The molecular weight excluding hydrogens is 376 g/mol. The SMILES string of the molecule is CCCNC(=O)NC[C@H](c1cccs1)S(=O)(=O)c1ccc2c(c1)OCO2. The largest absolute Gasteiger partial charge is 0.454 e. The maximum atomic E-state index is 13.2. The molecule has 3 rings (SSSR count). The molecule has 1 aromatic carbocycles. The summed E-state index contributed by atoms with van der Waals surface area (Å²) >= 11 is 1.34. The molecule has 26 heavy (non-hydrogen) atoms. The Kier molecular flexibility index (Phi) is 5.67. The Balaban J connectivity index is 1.85. The van der Waals surface area contributed by atoms with Crippen molar-refractivity contribution in [3.05, 3.63) is 40.6 Å². The number of fused-ring (bicyclic) bond motifs is 1. The van der Waals surface area contributed by atoms with Crippen LogP contribution in [-0.2, 0) is 9.84 Å². The van der Waals surface area contributed by atoms with Gasteiger partial charge < -0.3 is 20.1 Å². The first-order valence-electron chi connectivity index (χ1n) is 8.21. The van der Waals surface area contributed by atoms with Crippen LogP contribution in [0.4, 0.5) is 4.79 Å². The van der Waals surface area contributed by atoms with E-state index in [2.05, 4.69) is 10.6 Å². The van der Waals surface area contributed by atoms with E-state index in [1.54, 1.807) is 18.2 Å². The second-order valence-corrected chi connectivity index (χ2v) is 8.81. The van der Waals surface area contributed by atoms with Crippen LogP contribution in [0.25, 0.3) is 0 Å². The standard InChI is InChI=1S/C17H20N2O5S2/c1-2-7-18-17(20)19-10-16(15-4-3-8-25-15)26(21,22)12-5-6-13-14(9-12)24-11-23-13/h3-6,8-9,16H,2,7,10-11H2,1H3,(H2,18,19,20)/t16-/m1/s1. The van der Waals surface area contributed by atoms with Gasteiger partial charge in [-0.05, 0) is 30.0 Å². The number of hydrogen-bond donors (Lipinski definition) is 2. The lowest BCUT2D eigenvalue weighted by atomic mass is 10.3. The molecule has 2 amide bonds. The molecule has 0 saturated carbocycles. The number of rotatable bonds is 7. The monoisotopic (exact) mass is 396 g/mol.